The number of esters is 2. The molecule has 2 N–H and O–H groups in total. The highest BCUT2D eigenvalue weighted by molar-refractivity contribution is 8.04. The second-order valence-corrected chi connectivity index (χ2v) is 9.55. The molecule has 0 spiro atoms. The van der Waals surface area contributed by atoms with Crippen molar-refractivity contribution in [3.05, 3.63) is 68.7 Å². The Balaban J connectivity index is 2.02. The van der Waals surface area contributed by atoms with Gasteiger partial charge in [0, 0.05) is 5.56 Å². The number of hydrogen-bond acceptors (Lipinski definition) is 8. The van der Waals surface area contributed by atoms with Crippen LogP contribution in [0.5, 0.6) is 0 Å². The summed E-state index contributed by atoms with van der Waals surface area (Å²) in [4.78, 5) is 40.8. The number of hydrogen-bond donors (Lipinski definition) is 1. The molecule has 1 aromatic carbocycles. The smallest absolute Gasteiger partial charge is 0.338 e. The molecule has 0 bridgehead atoms. The van der Waals surface area contributed by atoms with Gasteiger partial charge in [-0.2, -0.15) is 5.10 Å². The van der Waals surface area contributed by atoms with Crippen molar-refractivity contribution in [3.63, 3.8) is 0 Å². The molecule has 0 saturated carbocycles. The first kappa shape index (κ1) is 24.9. The molecule has 2 aliphatic rings. The van der Waals surface area contributed by atoms with Gasteiger partial charge in [-0.05, 0) is 39.8 Å². The summed E-state index contributed by atoms with van der Waals surface area (Å²) in [5.74, 6) is -2.91. The lowest BCUT2D eigenvalue weighted by Gasteiger charge is -2.33. The lowest BCUT2D eigenvalue weighted by molar-refractivity contribution is -0.139. The van der Waals surface area contributed by atoms with Gasteiger partial charge >= 0.3 is 11.9 Å². The number of aryl methyl sites for hydroxylation is 1. The maximum atomic E-state index is 13.4. The number of para-hydroxylation sites is 1. The van der Waals surface area contributed by atoms with E-state index in [0.717, 1.165) is 0 Å². The van der Waals surface area contributed by atoms with Crippen LogP contribution in [0.2, 0.25) is 5.15 Å². The minimum absolute atomic E-state index is 0.0562. The molecule has 4 rings (SSSR count). The Morgan fingerprint density at radius 2 is 1.71 bits per heavy atom. The number of halogens is 1. The van der Waals surface area contributed by atoms with Gasteiger partial charge in [-0.25, -0.2) is 14.3 Å². The SMILES string of the molecule is CCOC(=O)C1=C(N)N2C(=O)[C@@H](C)SC2=C(C(=O)OCC)[C@H]1c1c(C)nn(-c2ccccc2)c1Cl. The Labute approximate surface area is 211 Å². The fourth-order valence-electron chi connectivity index (χ4n) is 4.21. The molecular formula is C24H25ClN4O5S. The number of carbonyl (C=O) groups excluding carboxylic acids is 3. The number of nitrogens with two attached hydrogens (primary N) is 1. The van der Waals surface area contributed by atoms with Crippen LogP contribution in [-0.2, 0) is 23.9 Å². The van der Waals surface area contributed by atoms with Crippen molar-refractivity contribution in [2.75, 3.05) is 13.2 Å². The maximum Gasteiger partial charge on any atom is 0.338 e. The number of aromatic nitrogens is 2. The Bertz CT molecular complexity index is 1270. The molecule has 2 aromatic rings. The molecule has 11 heteroatoms. The van der Waals surface area contributed by atoms with Crippen LogP contribution in [0, 0.1) is 6.92 Å². The Hall–Kier alpha value is -3.24. The summed E-state index contributed by atoms with van der Waals surface area (Å²) in [5, 5.41) is 4.59. The van der Waals surface area contributed by atoms with Crippen LogP contribution in [0.1, 0.15) is 37.9 Å². The average Bonchev–Trinajstić information content (AvgIpc) is 3.29. The van der Waals surface area contributed by atoms with Gasteiger partial charge in [-0.15, -0.1) is 0 Å². The quantitative estimate of drug-likeness (QED) is 0.580. The van der Waals surface area contributed by atoms with Gasteiger partial charge in [0.1, 0.15) is 11.0 Å². The van der Waals surface area contributed by atoms with Gasteiger partial charge in [-0.3, -0.25) is 9.69 Å². The Morgan fingerprint density at radius 1 is 1.11 bits per heavy atom. The van der Waals surface area contributed by atoms with Gasteiger partial charge in [0.25, 0.3) is 0 Å². The number of rotatable bonds is 6. The Kier molecular flexibility index (Phi) is 6.95. The van der Waals surface area contributed by atoms with Crippen molar-refractivity contribution in [3.8, 4) is 5.69 Å². The van der Waals surface area contributed by atoms with Gasteiger partial charge in [-0.1, -0.05) is 41.6 Å². The molecule has 2 atom stereocenters. The van der Waals surface area contributed by atoms with E-state index in [4.69, 9.17) is 26.8 Å². The number of benzene rings is 1. The van der Waals surface area contributed by atoms with Crippen molar-refractivity contribution < 1.29 is 23.9 Å². The number of thioether (sulfide) groups is 1. The zero-order valence-corrected chi connectivity index (χ0v) is 21.3. The lowest BCUT2D eigenvalue weighted by atomic mass is 9.82. The third kappa shape index (κ3) is 4.10. The van der Waals surface area contributed by atoms with Gasteiger partial charge in [0.05, 0.1) is 51.9 Å². The summed E-state index contributed by atoms with van der Waals surface area (Å²) in [6.07, 6.45) is 0. The highest BCUT2D eigenvalue weighted by Gasteiger charge is 2.50. The van der Waals surface area contributed by atoms with E-state index >= 15 is 0 Å². The lowest BCUT2D eigenvalue weighted by Crippen LogP contribution is -2.40. The fourth-order valence-corrected chi connectivity index (χ4v) is 5.76. The predicted molar refractivity (Wildman–Crippen MR) is 131 cm³/mol. The van der Waals surface area contributed by atoms with E-state index in [2.05, 4.69) is 5.10 Å². The Morgan fingerprint density at radius 3 is 2.31 bits per heavy atom. The van der Waals surface area contributed by atoms with Crippen LogP contribution in [0.3, 0.4) is 0 Å². The van der Waals surface area contributed by atoms with Crippen molar-refractivity contribution in [2.24, 2.45) is 5.73 Å². The highest BCUT2D eigenvalue weighted by atomic mass is 35.5. The fraction of sp³-hybridized carbons (Fsp3) is 0.333. The maximum absolute atomic E-state index is 13.4. The second-order valence-electron chi connectivity index (χ2n) is 7.86. The molecule has 1 saturated heterocycles. The molecule has 1 fully saturated rings. The van der Waals surface area contributed by atoms with Gasteiger partial charge < -0.3 is 15.2 Å². The first-order chi connectivity index (χ1) is 16.7. The third-order valence-electron chi connectivity index (χ3n) is 5.71. The van der Waals surface area contributed by atoms with Crippen LogP contribution in [-0.4, -0.2) is 51.0 Å². The zero-order chi connectivity index (χ0) is 25.4. The summed E-state index contributed by atoms with van der Waals surface area (Å²) in [6.45, 7) is 6.94. The summed E-state index contributed by atoms with van der Waals surface area (Å²) >= 11 is 8.05. The van der Waals surface area contributed by atoms with Crippen LogP contribution >= 0.6 is 23.4 Å². The molecule has 0 unspecified atom stereocenters. The average molecular weight is 517 g/mol. The van der Waals surface area contributed by atoms with Crippen molar-refractivity contribution in [1.29, 1.82) is 0 Å². The molecule has 9 nitrogen and oxygen atoms in total. The molecule has 0 radical (unpaired) electrons. The van der Waals surface area contributed by atoms with Crippen molar-refractivity contribution >= 4 is 41.2 Å². The predicted octanol–water partition coefficient (Wildman–Crippen LogP) is 3.40. The van der Waals surface area contributed by atoms with Gasteiger partial charge in [0.2, 0.25) is 5.91 Å². The van der Waals surface area contributed by atoms with E-state index in [1.54, 1.807) is 27.7 Å². The first-order valence-corrected chi connectivity index (χ1v) is 12.4. The molecule has 0 aliphatic carbocycles. The molecular weight excluding hydrogens is 492 g/mol. The number of carbonyl (C=O) groups is 3. The van der Waals surface area contributed by atoms with Crippen LogP contribution in [0.15, 0.2) is 52.3 Å². The van der Waals surface area contributed by atoms with E-state index < -0.39 is 23.1 Å². The minimum Gasteiger partial charge on any atom is -0.463 e. The highest BCUT2D eigenvalue weighted by Crippen LogP contribution is 2.51. The molecule has 35 heavy (non-hydrogen) atoms. The summed E-state index contributed by atoms with van der Waals surface area (Å²) < 4.78 is 12.2. The third-order valence-corrected chi connectivity index (χ3v) is 7.26. The van der Waals surface area contributed by atoms with E-state index in [1.807, 2.05) is 30.3 Å². The molecule has 1 amide bonds. The monoisotopic (exact) mass is 516 g/mol. The topological polar surface area (TPSA) is 117 Å². The molecule has 184 valence electrons. The number of amides is 1. The van der Waals surface area contributed by atoms with E-state index in [9.17, 15) is 14.4 Å². The second kappa shape index (κ2) is 9.79. The van der Waals surface area contributed by atoms with Crippen LogP contribution < -0.4 is 5.73 Å². The molecule has 3 heterocycles. The normalized spacial score (nSPS) is 19.8. The van der Waals surface area contributed by atoms with Crippen LogP contribution in [0.25, 0.3) is 5.69 Å². The largest absolute Gasteiger partial charge is 0.463 e. The van der Waals surface area contributed by atoms with Crippen molar-refractivity contribution in [1.82, 2.24) is 14.7 Å². The van der Waals surface area contributed by atoms with E-state index in [1.165, 1.54) is 21.3 Å². The van der Waals surface area contributed by atoms with E-state index in [-0.39, 0.29) is 41.2 Å². The number of ether oxygens (including phenoxy) is 2. The summed E-state index contributed by atoms with van der Waals surface area (Å²) in [6, 6.07) is 9.22. The van der Waals surface area contributed by atoms with Crippen molar-refractivity contribution in [2.45, 2.75) is 38.9 Å². The first-order valence-electron chi connectivity index (χ1n) is 11.1. The van der Waals surface area contributed by atoms with Gasteiger partial charge in [0.15, 0.2) is 0 Å². The van der Waals surface area contributed by atoms with E-state index in [0.29, 0.717) is 22.0 Å². The number of nitrogens with zero attached hydrogens (tertiary/aromatic N) is 3. The van der Waals surface area contributed by atoms with Crippen LogP contribution in [0.4, 0.5) is 0 Å². The molecule has 2 aliphatic heterocycles. The summed E-state index contributed by atoms with van der Waals surface area (Å²) in [5.41, 5.74) is 8.08. The minimum atomic E-state index is -1.05. The summed E-state index contributed by atoms with van der Waals surface area (Å²) in [7, 11) is 0. The standard InChI is InChI=1S/C24H25ClN4O5S/c1-5-33-23(31)17-16(15-12(3)27-29(19(15)25)14-10-8-7-9-11-14)18(24(32)34-6-2)22-28(20(17)26)21(30)13(4)35-22/h7-11,13,16H,5-6,26H2,1-4H3/t13-,16+/m1/s1. The molecule has 1 aromatic heterocycles. The number of fused-ring (bicyclic) bond motifs is 1. The zero-order valence-electron chi connectivity index (χ0n) is 19.7.